The average molecular weight is 497 g/mol. The number of methoxy groups -OCH3 is 2. The summed E-state index contributed by atoms with van der Waals surface area (Å²) < 4.78 is 16.2. The molecule has 10 nitrogen and oxygen atoms in total. The van der Waals surface area contributed by atoms with Crippen LogP contribution in [0, 0.1) is 0 Å². The highest BCUT2D eigenvalue weighted by Gasteiger charge is 2.41. The van der Waals surface area contributed by atoms with Crippen LogP contribution in [0.25, 0.3) is 22.4 Å². The van der Waals surface area contributed by atoms with Gasteiger partial charge < -0.3 is 24.5 Å². The fourth-order valence-electron chi connectivity index (χ4n) is 4.75. The Morgan fingerprint density at radius 3 is 2.76 bits per heavy atom. The number of pyridine rings is 1. The molecule has 0 bridgehead atoms. The highest BCUT2D eigenvalue weighted by Crippen LogP contribution is 2.57. The average Bonchev–Trinajstić information content (AvgIpc) is 3.33. The maximum atomic E-state index is 11.1. The van der Waals surface area contributed by atoms with Crippen molar-refractivity contribution in [1.29, 1.82) is 0 Å². The molecule has 1 aliphatic rings. The molecular weight excluding hydrogens is 472 g/mol. The first-order valence-electron chi connectivity index (χ1n) is 11.8. The maximum Gasteiger partial charge on any atom is 0.237 e. The number of amides is 1. The molecule has 186 valence electrons. The van der Waals surface area contributed by atoms with Crippen LogP contribution in [0.15, 0.2) is 65.5 Å². The number of oxazole rings is 1. The highest BCUT2D eigenvalue weighted by molar-refractivity contribution is 5.92. The third-order valence-electron chi connectivity index (χ3n) is 6.65. The standard InChI is InChI=1S/C27H24N6O4/c1-35-17-4-6-22(30-14-34)21(11-17)20-12-19(20)15-3-5-18-23(9-15)32-33-25(18)31-24-10-16(13-29-27(24)36-2)26-28-7-8-37-26/h3-11,13-14,19-20H,12H2,1-2H3,(H,30,34)(H2,31,32,33). The van der Waals surface area contributed by atoms with E-state index in [1.807, 2.05) is 24.3 Å². The third kappa shape index (κ3) is 4.22. The number of aromatic nitrogens is 4. The Kier molecular flexibility index (Phi) is 5.68. The fourth-order valence-corrected chi connectivity index (χ4v) is 4.75. The zero-order valence-electron chi connectivity index (χ0n) is 20.2. The number of hydrogen-bond donors (Lipinski definition) is 3. The Bertz CT molecular complexity index is 1580. The first-order valence-corrected chi connectivity index (χ1v) is 11.8. The first kappa shape index (κ1) is 22.6. The molecule has 2 atom stereocenters. The number of aromatic amines is 1. The monoisotopic (exact) mass is 496 g/mol. The van der Waals surface area contributed by atoms with Crippen molar-refractivity contribution in [1.82, 2.24) is 20.2 Å². The molecule has 0 spiro atoms. The molecule has 0 radical (unpaired) electrons. The zero-order chi connectivity index (χ0) is 25.4. The number of rotatable bonds is 9. The number of hydrogen-bond acceptors (Lipinski definition) is 8. The number of fused-ring (bicyclic) bond motifs is 1. The number of carbonyl (C=O) groups excluding carboxylic acids is 1. The summed E-state index contributed by atoms with van der Waals surface area (Å²) in [6.45, 7) is 0. The van der Waals surface area contributed by atoms with E-state index in [2.05, 4.69) is 49.0 Å². The molecule has 0 saturated heterocycles. The molecule has 3 N–H and O–H groups in total. The Hall–Kier alpha value is -4.86. The minimum Gasteiger partial charge on any atom is -0.497 e. The number of H-pyrrole nitrogens is 1. The van der Waals surface area contributed by atoms with E-state index < -0.39 is 0 Å². The largest absolute Gasteiger partial charge is 0.497 e. The van der Waals surface area contributed by atoms with Crippen molar-refractivity contribution in [3.8, 4) is 23.1 Å². The van der Waals surface area contributed by atoms with Crippen LogP contribution >= 0.6 is 0 Å². The molecule has 1 amide bonds. The minimum absolute atomic E-state index is 0.295. The van der Waals surface area contributed by atoms with E-state index in [-0.39, 0.29) is 0 Å². The molecule has 0 aliphatic heterocycles. The lowest BCUT2D eigenvalue weighted by molar-refractivity contribution is -0.105. The van der Waals surface area contributed by atoms with Crippen LogP contribution in [0.4, 0.5) is 17.2 Å². The van der Waals surface area contributed by atoms with Crippen LogP contribution in [-0.2, 0) is 4.79 Å². The minimum atomic E-state index is 0.295. The number of anilines is 3. The second kappa shape index (κ2) is 9.30. The number of ether oxygens (including phenoxy) is 2. The molecule has 37 heavy (non-hydrogen) atoms. The maximum absolute atomic E-state index is 11.1. The second-order valence-electron chi connectivity index (χ2n) is 8.78. The van der Waals surface area contributed by atoms with Crippen molar-refractivity contribution in [2.45, 2.75) is 18.3 Å². The zero-order valence-corrected chi connectivity index (χ0v) is 20.2. The van der Waals surface area contributed by atoms with Crippen LogP contribution in [0.1, 0.15) is 29.4 Å². The van der Waals surface area contributed by atoms with Gasteiger partial charge >= 0.3 is 0 Å². The van der Waals surface area contributed by atoms with Crippen LogP contribution in [0.2, 0.25) is 0 Å². The van der Waals surface area contributed by atoms with Gasteiger partial charge in [-0.1, -0.05) is 6.07 Å². The van der Waals surface area contributed by atoms with E-state index >= 15 is 0 Å². The van der Waals surface area contributed by atoms with E-state index in [0.29, 0.717) is 41.5 Å². The SMILES string of the molecule is COc1ccc(NC=O)c(C2CC2c2ccc3c(Nc4cc(-c5ncco5)cnc4OC)n[nH]c3c2)c1. The summed E-state index contributed by atoms with van der Waals surface area (Å²) in [5.41, 5.74) is 5.37. The van der Waals surface area contributed by atoms with Gasteiger partial charge in [-0.25, -0.2) is 9.97 Å². The van der Waals surface area contributed by atoms with Crippen LogP contribution < -0.4 is 20.1 Å². The van der Waals surface area contributed by atoms with Crippen molar-refractivity contribution >= 4 is 34.5 Å². The van der Waals surface area contributed by atoms with Gasteiger partial charge in [0.25, 0.3) is 0 Å². The molecule has 6 rings (SSSR count). The van der Waals surface area contributed by atoms with Crippen LogP contribution in [0.3, 0.4) is 0 Å². The Morgan fingerprint density at radius 1 is 1.05 bits per heavy atom. The number of benzene rings is 2. The number of carbonyl (C=O) groups is 1. The molecule has 1 saturated carbocycles. The summed E-state index contributed by atoms with van der Waals surface area (Å²) in [6.07, 6.45) is 6.45. The van der Waals surface area contributed by atoms with Gasteiger partial charge in [-0.05, 0) is 65.8 Å². The van der Waals surface area contributed by atoms with Crippen LogP contribution in [0.5, 0.6) is 11.6 Å². The molecule has 3 heterocycles. The van der Waals surface area contributed by atoms with Gasteiger partial charge in [-0.2, -0.15) is 5.10 Å². The van der Waals surface area contributed by atoms with Crippen molar-refractivity contribution in [2.24, 2.45) is 0 Å². The third-order valence-corrected chi connectivity index (χ3v) is 6.65. The van der Waals surface area contributed by atoms with E-state index in [0.717, 1.165) is 39.9 Å². The highest BCUT2D eigenvalue weighted by atomic mass is 16.5. The normalized spacial score (nSPS) is 16.4. The lowest BCUT2D eigenvalue weighted by Crippen LogP contribution is -1.99. The van der Waals surface area contributed by atoms with Gasteiger partial charge in [-0.3, -0.25) is 9.89 Å². The summed E-state index contributed by atoms with van der Waals surface area (Å²) in [5, 5.41) is 14.7. The number of nitrogens with one attached hydrogen (secondary N) is 3. The second-order valence-corrected chi connectivity index (χ2v) is 8.78. The van der Waals surface area contributed by atoms with Crippen molar-refractivity contribution in [3.63, 3.8) is 0 Å². The lowest BCUT2D eigenvalue weighted by Gasteiger charge is -2.11. The van der Waals surface area contributed by atoms with E-state index in [9.17, 15) is 4.79 Å². The summed E-state index contributed by atoms with van der Waals surface area (Å²) in [6, 6.07) is 13.9. The van der Waals surface area contributed by atoms with Gasteiger partial charge in [0.05, 0.1) is 31.5 Å². The van der Waals surface area contributed by atoms with Gasteiger partial charge in [0.1, 0.15) is 17.7 Å². The summed E-state index contributed by atoms with van der Waals surface area (Å²) in [5.74, 6) is 2.96. The molecule has 1 fully saturated rings. The molecule has 3 aromatic heterocycles. The van der Waals surface area contributed by atoms with Crippen molar-refractivity contribution in [2.75, 3.05) is 24.9 Å². The van der Waals surface area contributed by atoms with Crippen LogP contribution in [-0.4, -0.2) is 40.8 Å². The molecule has 2 aromatic carbocycles. The smallest absolute Gasteiger partial charge is 0.237 e. The Morgan fingerprint density at radius 2 is 1.97 bits per heavy atom. The van der Waals surface area contributed by atoms with Gasteiger partial charge in [0.2, 0.25) is 18.2 Å². The molecule has 1 aliphatic carbocycles. The Labute approximate surface area is 212 Å². The van der Waals surface area contributed by atoms with Gasteiger partial charge in [0.15, 0.2) is 5.82 Å². The van der Waals surface area contributed by atoms with E-state index in [1.165, 1.54) is 11.8 Å². The van der Waals surface area contributed by atoms with E-state index in [1.54, 1.807) is 26.6 Å². The first-order chi connectivity index (χ1) is 18.2. The topological polar surface area (TPSA) is 127 Å². The summed E-state index contributed by atoms with van der Waals surface area (Å²) >= 11 is 0. The Balaban J connectivity index is 1.26. The summed E-state index contributed by atoms with van der Waals surface area (Å²) in [7, 11) is 3.21. The molecule has 10 heteroatoms. The fraction of sp³-hybridized carbons (Fsp3) is 0.185. The predicted octanol–water partition coefficient (Wildman–Crippen LogP) is 5.21. The molecular formula is C27H24N6O4. The quantitative estimate of drug-likeness (QED) is 0.237. The lowest BCUT2D eigenvalue weighted by atomic mass is 10.0. The van der Waals surface area contributed by atoms with E-state index in [4.69, 9.17) is 13.9 Å². The van der Waals surface area contributed by atoms with Gasteiger partial charge in [-0.15, -0.1) is 0 Å². The molecule has 5 aromatic rings. The van der Waals surface area contributed by atoms with Crippen molar-refractivity contribution in [3.05, 3.63) is 72.2 Å². The van der Waals surface area contributed by atoms with Crippen molar-refractivity contribution < 1.29 is 18.7 Å². The summed E-state index contributed by atoms with van der Waals surface area (Å²) in [4.78, 5) is 19.7. The number of nitrogens with zero attached hydrogens (tertiary/aromatic N) is 3. The molecule has 2 unspecified atom stereocenters. The predicted molar refractivity (Wildman–Crippen MR) is 138 cm³/mol. The van der Waals surface area contributed by atoms with Gasteiger partial charge in [0, 0.05) is 17.3 Å².